The molecular formula is C15H21N3O. The maximum Gasteiger partial charge on any atom is 0.127 e. The lowest BCUT2D eigenvalue weighted by molar-refractivity contribution is 0.0343. The smallest absolute Gasteiger partial charge is 0.127 e. The van der Waals surface area contributed by atoms with Gasteiger partial charge in [-0.05, 0) is 51.2 Å². The molecule has 1 aliphatic carbocycles. The van der Waals surface area contributed by atoms with Crippen LogP contribution in [0.4, 0.5) is 5.69 Å². The third-order valence-corrected chi connectivity index (χ3v) is 3.76. The molecule has 0 radical (unpaired) electrons. The lowest BCUT2D eigenvalue weighted by Crippen LogP contribution is -2.28. The molecule has 0 spiro atoms. The van der Waals surface area contributed by atoms with E-state index in [9.17, 15) is 0 Å². The predicted octanol–water partition coefficient (Wildman–Crippen LogP) is 3.29. The lowest BCUT2D eigenvalue weighted by Gasteiger charge is -2.25. The van der Waals surface area contributed by atoms with Crippen molar-refractivity contribution in [2.75, 3.05) is 11.9 Å². The van der Waals surface area contributed by atoms with E-state index >= 15 is 0 Å². The van der Waals surface area contributed by atoms with Gasteiger partial charge in [0.1, 0.15) is 11.9 Å². The van der Waals surface area contributed by atoms with Crippen molar-refractivity contribution >= 4 is 11.4 Å². The van der Waals surface area contributed by atoms with E-state index in [4.69, 9.17) is 10.1 Å². The fraction of sp³-hybridized carbons (Fsp3) is 0.600. The normalized spacial score (nSPS) is 23.1. The molecule has 1 aromatic rings. The summed E-state index contributed by atoms with van der Waals surface area (Å²) in [7, 11) is 0. The van der Waals surface area contributed by atoms with Crippen LogP contribution in [-0.2, 0) is 4.74 Å². The molecule has 1 saturated heterocycles. The number of aromatic nitrogens is 1. The van der Waals surface area contributed by atoms with Crippen molar-refractivity contribution in [3.05, 3.63) is 23.5 Å². The maximum atomic E-state index is 7.91. The van der Waals surface area contributed by atoms with E-state index in [1.807, 2.05) is 0 Å². The monoisotopic (exact) mass is 259 g/mol. The zero-order valence-corrected chi connectivity index (χ0v) is 11.4. The zero-order valence-electron chi connectivity index (χ0n) is 11.4. The van der Waals surface area contributed by atoms with Gasteiger partial charge in [-0.25, -0.2) is 4.98 Å². The van der Waals surface area contributed by atoms with Crippen LogP contribution in [0.1, 0.15) is 56.3 Å². The van der Waals surface area contributed by atoms with Gasteiger partial charge in [-0.15, -0.1) is 0 Å². The zero-order chi connectivity index (χ0) is 13.2. The molecule has 2 N–H and O–H groups in total. The van der Waals surface area contributed by atoms with Crippen molar-refractivity contribution in [1.29, 1.82) is 5.41 Å². The Kier molecular flexibility index (Phi) is 3.51. The molecular weight excluding hydrogens is 238 g/mol. The van der Waals surface area contributed by atoms with Gasteiger partial charge in [0.25, 0.3) is 0 Å². The second-order valence-corrected chi connectivity index (χ2v) is 5.53. The van der Waals surface area contributed by atoms with Crippen LogP contribution in [0.25, 0.3) is 0 Å². The van der Waals surface area contributed by atoms with Crippen molar-refractivity contribution in [3.63, 3.8) is 0 Å². The average Bonchev–Trinajstić information content (AvgIpc) is 3.24. The van der Waals surface area contributed by atoms with E-state index in [1.54, 1.807) is 6.92 Å². The van der Waals surface area contributed by atoms with Crippen molar-refractivity contribution in [3.8, 4) is 0 Å². The second-order valence-electron chi connectivity index (χ2n) is 5.53. The molecule has 1 unspecified atom stereocenters. The molecule has 4 nitrogen and oxygen atoms in total. The van der Waals surface area contributed by atoms with Crippen LogP contribution in [-0.4, -0.2) is 23.5 Å². The molecule has 1 aliphatic heterocycles. The summed E-state index contributed by atoms with van der Waals surface area (Å²) in [6, 6.07) is 4.15. The van der Waals surface area contributed by atoms with Gasteiger partial charge in [-0.2, -0.15) is 0 Å². The van der Waals surface area contributed by atoms with Crippen molar-refractivity contribution in [1.82, 2.24) is 4.98 Å². The summed E-state index contributed by atoms with van der Waals surface area (Å²) in [4.78, 5) is 4.66. The number of nitrogens with zero attached hydrogens (tertiary/aromatic N) is 1. The van der Waals surface area contributed by atoms with E-state index < -0.39 is 0 Å². The summed E-state index contributed by atoms with van der Waals surface area (Å²) in [5.74, 6) is 0.623. The van der Waals surface area contributed by atoms with E-state index in [1.165, 1.54) is 19.3 Å². The molecule has 1 saturated carbocycles. The highest BCUT2D eigenvalue weighted by Crippen LogP contribution is 2.39. The Hall–Kier alpha value is -1.42. The number of hydrogen-bond donors (Lipinski definition) is 2. The van der Waals surface area contributed by atoms with E-state index in [2.05, 4.69) is 22.4 Å². The van der Waals surface area contributed by atoms with E-state index in [0.717, 1.165) is 36.5 Å². The lowest BCUT2D eigenvalue weighted by atomic mass is 10.1. The van der Waals surface area contributed by atoms with Gasteiger partial charge in [0.2, 0.25) is 0 Å². The SMILES string of the molecule is CC(=N)c1nc(C2CC2)ccc1NC1CCCCO1. The molecule has 0 aromatic carbocycles. The molecule has 3 rings (SSSR count). The molecule has 19 heavy (non-hydrogen) atoms. The molecule has 0 bridgehead atoms. The fourth-order valence-corrected chi connectivity index (χ4v) is 2.51. The quantitative estimate of drug-likeness (QED) is 0.816. The van der Waals surface area contributed by atoms with Crippen LogP contribution in [0, 0.1) is 5.41 Å². The van der Waals surface area contributed by atoms with Crippen molar-refractivity contribution < 1.29 is 4.74 Å². The summed E-state index contributed by atoms with van der Waals surface area (Å²) in [5, 5.41) is 11.3. The molecule has 102 valence electrons. The number of ether oxygens (including phenoxy) is 1. The molecule has 2 fully saturated rings. The molecule has 1 aromatic heterocycles. The Morgan fingerprint density at radius 3 is 2.79 bits per heavy atom. The van der Waals surface area contributed by atoms with E-state index in [-0.39, 0.29) is 6.23 Å². The van der Waals surface area contributed by atoms with Crippen molar-refractivity contribution in [2.24, 2.45) is 0 Å². The van der Waals surface area contributed by atoms with Crippen LogP contribution in [0.2, 0.25) is 0 Å². The third-order valence-electron chi connectivity index (χ3n) is 3.76. The molecule has 2 heterocycles. The topological polar surface area (TPSA) is 58.0 Å². The Morgan fingerprint density at radius 1 is 1.32 bits per heavy atom. The first-order valence-corrected chi connectivity index (χ1v) is 7.18. The first kappa shape index (κ1) is 12.6. The highest BCUT2D eigenvalue weighted by molar-refractivity contribution is 5.99. The first-order valence-electron chi connectivity index (χ1n) is 7.18. The largest absolute Gasteiger partial charge is 0.359 e. The summed E-state index contributed by atoms with van der Waals surface area (Å²) < 4.78 is 5.70. The molecule has 0 amide bonds. The molecule has 2 aliphatic rings. The summed E-state index contributed by atoms with van der Waals surface area (Å²) in [6.07, 6.45) is 5.92. The maximum absolute atomic E-state index is 7.91. The van der Waals surface area contributed by atoms with Gasteiger partial charge >= 0.3 is 0 Å². The number of pyridine rings is 1. The highest BCUT2D eigenvalue weighted by Gasteiger charge is 2.26. The fourth-order valence-electron chi connectivity index (χ4n) is 2.51. The minimum atomic E-state index is 0.0698. The number of anilines is 1. The predicted molar refractivity (Wildman–Crippen MR) is 75.9 cm³/mol. The van der Waals surface area contributed by atoms with Crippen LogP contribution in [0.15, 0.2) is 12.1 Å². The van der Waals surface area contributed by atoms with Gasteiger partial charge < -0.3 is 15.5 Å². The Bertz CT molecular complexity index is 476. The Morgan fingerprint density at radius 2 is 2.16 bits per heavy atom. The van der Waals surface area contributed by atoms with Gasteiger partial charge in [-0.3, -0.25) is 0 Å². The average molecular weight is 259 g/mol. The Labute approximate surface area is 114 Å². The number of rotatable bonds is 4. The number of hydrogen-bond acceptors (Lipinski definition) is 4. The highest BCUT2D eigenvalue weighted by atomic mass is 16.5. The Balaban J connectivity index is 1.80. The van der Waals surface area contributed by atoms with Crippen LogP contribution < -0.4 is 5.32 Å². The van der Waals surface area contributed by atoms with Gasteiger partial charge in [0, 0.05) is 18.2 Å². The molecule has 1 atom stereocenters. The minimum absolute atomic E-state index is 0.0698. The van der Waals surface area contributed by atoms with Crippen LogP contribution in [0.5, 0.6) is 0 Å². The summed E-state index contributed by atoms with van der Waals surface area (Å²) >= 11 is 0. The standard InChI is InChI=1S/C15H21N3O/c1-10(16)15-13(17-14-4-2-3-9-19-14)8-7-12(18-15)11-5-6-11/h7-8,11,14,16-17H,2-6,9H2,1H3. The van der Waals surface area contributed by atoms with Gasteiger partial charge in [-0.1, -0.05) is 0 Å². The van der Waals surface area contributed by atoms with Gasteiger partial charge in [0.05, 0.1) is 11.4 Å². The third kappa shape index (κ3) is 2.95. The minimum Gasteiger partial charge on any atom is -0.359 e. The summed E-state index contributed by atoms with van der Waals surface area (Å²) in [5.41, 5.74) is 3.36. The molecule has 4 heteroatoms. The van der Waals surface area contributed by atoms with Gasteiger partial charge in [0.15, 0.2) is 0 Å². The van der Waals surface area contributed by atoms with E-state index in [0.29, 0.717) is 11.6 Å². The van der Waals surface area contributed by atoms with Crippen LogP contribution in [0.3, 0.4) is 0 Å². The first-order chi connectivity index (χ1) is 9.24. The number of nitrogens with one attached hydrogen (secondary N) is 2. The van der Waals surface area contributed by atoms with Crippen LogP contribution >= 0.6 is 0 Å². The van der Waals surface area contributed by atoms with Crippen molar-refractivity contribution in [2.45, 2.75) is 51.2 Å². The second kappa shape index (κ2) is 5.29. The summed E-state index contributed by atoms with van der Waals surface area (Å²) in [6.45, 7) is 2.62.